The fourth-order valence-electron chi connectivity index (χ4n) is 3.52. The van der Waals surface area contributed by atoms with E-state index in [1.54, 1.807) is 38.3 Å². The maximum atomic E-state index is 13.2. The number of rotatable bonds is 6. The fourth-order valence-corrected chi connectivity index (χ4v) is 3.52. The standard InChI is InChI=1S/C22H20N4O2/c1-15-20(22(27)26(25-15)14-16-6-4-3-5-7-16)21(18(12-23)13-24)17-8-10-19(28-2)11-9-17/h3-11,18,20-21H,14H2,1-2H3/t20-,21+/m1/s1. The fraction of sp³-hybridized carbons (Fsp3) is 0.273. The number of methoxy groups -OCH3 is 1. The van der Waals surface area contributed by atoms with Gasteiger partial charge in [0.25, 0.3) is 5.91 Å². The highest BCUT2D eigenvalue weighted by atomic mass is 16.5. The van der Waals surface area contributed by atoms with Crippen LogP contribution in [0, 0.1) is 34.5 Å². The van der Waals surface area contributed by atoms with Gasteiger partial charge >= 0.3 is 0 Å². The van der Waals surface area contributed by atoms with Gasteiger partial charge < -0.3 is 4.74 Å². The molecule has 1 heterocycles. The van der Waals surface area contributed by atoms with Gasteiger partial charge in [0.15, 0.2) is 0 Å². The molecule has 0 aliphatic carbocycles. The number of nitriles is 2. The highest BCUT2D eigenvalue weighted by Crippen LogP contribution is 2.38. The monoisotopic (exact) mass is 372 g/mol. The Bertz CT molecular complexity index is 941. The number of ether oxygens (including phenoxy) is 1. The Labute approximate surface area is 164 Å². The molecule has 6 heteroatoms. The Kier molecular flexibility index (Phi) is 5.72. The zero-order chi connectivity index (χ0) is 20.1. The van der Waals surface area contributed by atoms with E-state index in [0.29, 0.717) is 18.0 Å². The van der Waals surface area contributed by atoms with Gasteiger partial charge in [0.1, 0.15) is 11.7 Å². The third-order valence-electron chi connectivity index (χ3n) is 4.92. The predicted molar refractivity (Wildman–Crippen MR) is 104 cm³/mol. The SMILES string of the molecule is COc1ccc([C@@H](C(C#N)C#N)[C@@H]2C(=O)N(Cc3ccccc3)N=C2C)cc1. The Morgan fingerprint density at radius 1 is 1.11 bits per heavy atom. The largest absolute Gasteiger partial charge is 0.497 e. The molecule has 140 valence electrons. The number of benzene rings is 2. The molecule has 1 aliphatic rings. The van der Waals surface area contributed by atoms with Crippen molar-refractivity contribution in [3.8, 4) is 17.9 Å². The van der Waals surface area contributed by atoms with Crippen LogP contribution in [0.25, 0.3) is 0 Å². The summed E-state index contributed by atoms with van der Waals surface area (Å²) in [6.07, 6.45) is 0. The smallest absolute Gasteiger partial charge is 0.252 e. The molecule has 0 saturated carbocycles. The van der Waals surface area contributed by atoms with Crippen LogP contribution < -0.4 is 4.74 Å². The van der Waals surface area contributed by atoms with Crippen molar-refractivity contribution in [1.82, 2.24) is 5.01 Å². The number of carbonyl (C=O) groups is 1. The lowest BCUT2D eigenvalue weighted by Gasteiger charge is -2.24. The van der Waals surface area contributed by atoms with Crippen LogP contribution in [-0.4, -0.2) is 23.7 Å². The van der Waals surface area contributed by atoms with E-state index in [2.05, 4.69) is 5.10 Å². The summed E-state index contributed by atoms with van der Waals surface area (Å²) in [4.78, 5) is 13.2. The molecule has 1 amide bonds. The second-order valence-electron chi connectivity index (χ2n) is 6.64. The van der Waals surface area contributed by atoms with E-state index < -0.39 is 17.8 Å². The van der Waals surface area contributed by atoms with Crippen LogP contribution in [0.5, 0.6) is 5.75 Å². The summed E-state index contributed by atoms with van der Waals surface area (Å²) >= 11 is 0. The number of nitrogens with zero attached hydrogens (tertiary/aromatic N) is 4. The van der Waals surface area contributed by atoms with Crippen molar-refractivity contribution < 1.29 is 9.53 Å². The number of hydrogen-bond acceptors (Lipinski definition) is 5. The summed E-state index contributed by atoms with van der Waals surface area (Å²) in [6.45, 7) is 2.13. The Balaban J connectivity index is 1.93. The van der Waals surface area contributed by atoms with Gasteiger partial charge in [-0.3, -0.25) is 4.79 Å². The first kappa shape index (κ1) is 19.1. The Morgan fingerprint density at radius 2 is 1.75 bits per heavy atom. The first-order chi connectivity index (χ1) is 13.6. The van der Waals surface area contributed by atoms with Crippen LogP contribution in [0.15, 0.2) is 59.7 Å². The second kappa shape index (κ2) is 8.37. The van der Waals surface area contributed by atoms with Crippen molar-refractivity contribution in [2.75, 3.05) is 7.11 Å². The van der Waals surface area contributed by atoms with Crippen LogP contribution >= 0.6 is 0 Å². The molecule has 1 aliphatic heterocycles. The maximum absolute atomic E-state index is 13.2. The summed E-state index contributed by atoms with van der Waals surface area (Å²) in [6, 6.07) is 20.8. The van der Waals surface area contributed by atoms with Gasteiger partial charge in [0.05, 0.1) is 31.7 Å². The average Bonchev–Trinajstić information content (AvgIpc) is 3.00. The molecular formula is C22H20N4O2. The zero-order valence-electron chi connectivity index (χ0n) is 15.7. The molecule has 0 radical (unpaired) electrons. The molecule has 3 rings (SSSR count). The number of carbonyl (C=O) groups excluding carboxylic acids is 1. The summed E-state index contributed by atoms with van der Waals surface area (Å²) in [5.41, 5.74) is 2.31. The third-order valence-corrected chi connectivity index (χ3v) is 4.92. The maximum Gasteiger partial charge on any atom is 0.252 e. The molecule has 28 heavy (non-hydrogen) atoms. The van der Waals surface area contributed by atoms with Crippen molar-refractivity contribution in [2.24, 2.45) is 16.9 Å². The van der Waals surface area contributed by atoms with E-state index in [9.17, 15) is 15.3 Å². The normalized spacial score (nSPS) is 17.0. The lowest BCUT2D eigenvalue weighted by atomic mass is 9.76. The van der Waals surface area contributed by atoms with Crippen LogP contribution in [0.2, 0.25) is 0 Å². The molecule has 0 bridgehead atoms. The molecule has 2 aromatic carbocycles. The predicted octanol–water partition coefficient (Wildman–Crippen LogP) is 3.48. The molecule has 0 unspecified atom stereocenters. The lowest BCUT2D eigenvalue weighted by molar-refractivity contribution is -0.133. The average molecular weight is 372 g/mol. The molecule has 2 aromatic rings. The van der Waals surface area contributed by atoms with Gasteiger partial charge in [-0.1, -0.05) is 42.5 Å². The van der Waals surface area contributed by atoms with Gasteiger partial charge in [-0.2, -0.15) is 15.6 Å². The summed E-state index contributed by atoms with van der Waals surface area (Å²) in [5.74, 6) is -1.75. The third kappa shape index (κ3) is 3.72. The van der Waals surface area contributed by atoms with Crippen LogP contribution in [0.4, 0.5) is 0 Å². The van der Waals surface area contributed by atoms with E-state index in [4.69, 9.17) is 4.74 Å². The molecule has 0 N–H and O–H groups in total. The minimum absolute atomic E-state index is 0.197. The zero-order valence-corrected chi connectivity index (χ0v) is 15.7. The van der Waals surface area contributed by atoms with Crippen molar-refractivity contribution in [3.05, 3.63) is 65.7 Å². The van der Waals surface area contributed by atoms with Gasteiger partial charge in [0, 0.05) is 11.6 Å². The number of hydrazone groups is 1. The highest BCUT2D eigenvalue weighted by Gasteiger charge is 2.43. The second-order valence-corrected chi connectivity index (χ2v) is 6.64. The number of amides is 1. The summed E-state index contributed by atoms with van der Waals surface area (Å²) < 4.78 is 5.18. The summed E-state index contributed by atoms with van der Waals surface area (Å²) in [5, 5.41) is 24.9. The molecule has 0 aromatic heterocycles. The van der Waals surface area contributed by atoms with Crippen molar-refractivity contribution >= 4 is 11.6 Å². The molecule has 2 atom stereocenters. The number of hydrogen-bond donors (Lipinski definition) is 0. The minimum Gasteiger partial charge on any atom is -0.497 e. The molecular weight excluding hydrogens is 352 g/mol. The molecule has 0 fully saturated rings. The van der Waals surface area contributed by atoms with Crippen molar-refractivity contribution in [3.63, 3.8) is 0 Å². The van der Waals surface area contributed by atoms with E-state index in [-0.39, 0.29) is 5.91 Å². The van der Waals surface area contributed by atoms with Crippen molar-refractivity contribution in [2.45, 2.75) is 19.4 Å². The summed E-state index contributed by atoms with van der Waals surface area (Å²) in [7, 11) is 1.57. The first-order valence-corrected chi connectivity index (χ1v) is 8.92. The topological polar surface area (TPSA) is 89.5 Å². The van der Waals surface area contributed by atoms with E-state index >= 15 is 0 Å². The van der Waals surface area contributed by atoms with Gasteiger partial charge in [-0.25, -0.2) is 5.01 Å². The lowest BCUT2D eigenvalue weighted by Crippen LogP contribution is -2.34. The molecule has 6 nitrogen and oxygen atoms in total. The van der Waals surface area contributed by atoms with Crippen molar-refractivity contribution in [1.29, 1.82) is 10.5 Å². The minimum atomic E-state index is -0.968. The van der Waals surface area contributed by atoms with Crippen LogP contribution in [0.1, 0.15) is 24.0 Å². The van der Waals surface area contributed by atoms with E-state index in [1.807, 2.05) is 42.5 Å². The van der Waals surface area contributed by atoms with Crippen LogP contribution in [0.3, 0.4) is 0 Å². The van der Waals surface area contributed by atoms with Crippen LogP contribution in [-0.2, 0) is 11.3 Å². The Hall–Kier alpha value is -3.64. The van der Waals surface area contributed by atoms with E-state index in [1.165, 1.54) is 5.01 Å². The quantitative estimate of drug-likeness (QED) is 0.776. The van der Waals surface area contributed by atoms with Gasteiger partial charge in [0.2, 0.25) is 0 Å². The Morgan fingerprint density at radius 3 is 2.32 bits per heavy atom. The highest BCUT2D eigenvalue weighted by molar-refractivity contribution is 6.07. The van der Waals surface area contributed by atoms with Gasteiger partial charge in [-0.15, -0.1) is 0 Å². The van der Waals surface area contributed by atoms with E-state index in [0.717, 1.165) is 11.1 Å². The molecule has 0 spiro atoms. The first-order valence-electron chi connectivity index (χ1n) is 8.92. The van der Waals surface area contributed by atoms with Gasteiger partial charge in [-0.05, 0) is 30.2 Å². The molecule has 0 saturated heterocycles.